The second kappa shape index (κ2) is 7.11. The van der Waals surface area contributed by atoms with Gasteiger partial charge in [0.05, 0.1) is 12.5 Å². The molecule has 1 aromatic rings. The van der Waals surface area contributed by atoms with E-state index in [1.165, 1.54) is 0 Å². The largest absolute Gasteiger partial charge is 0.493 e. The van der Waals surface area contributed by atoms with E-state index in [4.69, 9.17) is 4.74 Å². The zero-order chi connectivity index (χ0) is 15.2. The van der Waals surface area contributed by atoms with Gasteiger partial charge in [-0.25, -0.2) is 4.79 Å². The molecule has 5 nitrogen and oxygen atoms in total. The molecule has 1 aromatic carbocycles. The van der Waals surface area contributed by atoms with Gasteiger partial charge in [-0.1, -0.05) is 38.0 Å². The molecule has 2 atom stereocenters. The standard InChI is InChI=1S/C16H21NO4/c1-2-3-7-13(16(19)20)17-15(18)12-9-10-21-14-8-5-4-6-11(12)14/h4-6,8,12-13H,2-3,7,9-10H2,1H3,(H,17,18)(H,19,20)/t12?,13-/m0/s1. The highest BCUT2D eigenvalue weighted by atomic mass is 16.5. The lowest BCUT2D eigenvalue weighted by Crippen LogP contribution is -2.43. The van der Waals surface area contributed by atoms with Crippen LogP contribution in [0.1, 0.15) is 44.1 Å². The van der Waals surface area contributed by atoms with Crippen molar-refractivity contribution in [3.8, 4) is 5.75 Å². The van der Waals surface area contributed by atoms with Gasteiger partial charge in [0, 0.05) is 5.56 Å². The van der Waals surface area contributed by atoms with Crippen LogP contribution in [0.4, 0.5) is 0 Å². The molecule has 0 saturated heterocycles. The first-order chi connectivity index (χ1) is 10.1. The molecule has 0 saturated carbocycles. The predicted octanol–water partition coefficient (Wildman–Crippen LogP) is 2.31. The molecule has 1 unspecified atom stereocenters. The van der Waals surface area contributed by atoms with Crippen molar-refractivity contribution in [1.29, 1.82) is 0 Å². The fourth-order valence-electron chi connectivity index (χ4n) is 2.55. The van der Waals surface area contributed by atoms with Crippen molar-refractivity contribution in [1.82, 2.24) is 5.32 Å². The zero-order valence-corrected chi connectivity index (χ0v) is 12.2. The minimum Gasteiger partial charge on any atom is -0.493 e. The SMILES string of the molecule is CCCC[C@H](NC(=O)C1CCOc2ccccc21)C(=O)O. The number of fused-ring (bicyclic) bond motifs is 1. The van der Waals surface area contributed by atoms with E-state index in [1.807, 2.05) is 31.2 Å². The van der Waals surface area contributed by atoms with Crippen molar-refractivity contribution in [3.63, 3.8) is 0 Å². The number of para-hydroxylation sites is 1. The van der Waals surface area contributed by atoms with E-state index in [-0.39, 0.29) is 11.8 Å². The molecule has 0 aromatic heterocycles. The van der Waals surface area contributed by atoms with E-state index in [0.717, 1.165) is 18.4 Å². The molecule has 1 aliphatic rings. The van der Waals surface area contributed by atoms with Crippen LogP contribution in [0.3, 0.4) is 0 Å². The Labute approximate surface area is 124 Å². The molecule has 2 N–H and O–H groups in total. The fraction of sp³-hybridized carbons (Fsp3) is 0.500. The summed E-state index contributed by atoms with van der Waals surface area (Å²) in [4.78, 5) is 23.6. The van der Waals surface area contributed by atoms with E-state index in [2.05, 4.69) is 5.32 Å². The van der Waals surface area contributed by atoms with Gasteiger partial charge in [0.15, 0.2) is 0 Å². The van der Waals surface area contributed by atoms with Crippen molar-refractivity contribution in [2.45, 2.75) is 44.6 Å². The molecule has 1 amide bonds. The zero-order valence-electron chi connectivity index (χ0n) is 12.2. The van der Waals surface area contributed by atoms with Gasteiger partial charge in [0.2, 0.25) is 5.91 Å². The fourth-order valence-corrected chi connectivity index (χ4v) is 2.55. The summed E-state index contributed by atoms with van der Waals surface area (Å²) in [6.07, 6.45) is 2.72. The Morgan fingerprint density at radius 2 is 2.19 bits per heavy atom. The maximum Gasteiger partial charge on any atom is 0.326 e. The summed E-state index contributed by atoms with van der Waals surface area (Å²) in [5, 5.41) is 11.9. The summed E-state index contributed by atoms with van der Waals surface area (Å²) in [5.41, 5.74) is 0.834. The lowest BCUT2D eigenvalue weighted by molar-refractivity contribution is -0.142. The lowest BCUT2D eigenvalue weighted by atomic mass is 9.92. The second-order valence-corrected chi connectivity index (χ2v) is 5.27. The predicted molar refractivity (Wildman–Crippen MR) is 78.4 cm³/mol. The number of hydrogen-bond acceptors (Lipinski definition) is 3. The summed E-state index contributed by atoms with van der Waals surface area (Å²) < 4.78 is 5.52. The highest BCUT2D eigenvalue weighted by Crippen LogP contribution is 2.33. The third-order valence-corrected chi connectivity index (χ3v) is 3.74. The number of benzene rings is 1. The number of carbonyl (C=O) groups is 2. The molecule has 21 heavy (non-hydrogen) atoms. The van der Waals surface area contributed by atoms with Crippen LogP contribution in [-0.4, -0.2) is 29.6 Å². The monoisotopic (exact) mass is 291 g/mol. The highest BCUT2D eigenvalue weighted by Gasteiger charge is 2.30. The summed E-state index contributed by atoms with van der Waals surface area (Å²) in [6.45, 7) is 2.47. The number of amides is 1. The number of carboxylic acids is 1. The van der Waals surface area contributed by atoms with Gasteiger partial charge in [-0.3, -0.25) is 4.79 Å². The van der Waals surface area contributed by atoms with E-state index in [9.17, 15) is 14.7 Å². The van der Waals surface area contributed by atoms with Crippen molar-refractivity contribution in [3.05, 3.63) is 29.8 Å². The van der Waals surface area contributed by atoms with Gasteiger partial charge in [-0.05, 0) is 18.9 Å². The molecular weight excluding hydrogens is 270 g/mol. The molecule has 0 bridgehead atoms. The second-order valence-electron chi connectivity index (χ2n) is 5.27. The average molecular weight is 291 g/mol. The number of hydrogen-bond donors (Lipinski definition) is 2. The van der Waals surface area contributed by atoms with Crippen LogP contribution in [0, 0.1) is 0 Å². The van der Waals surface area contributed by atoms with Crippen LogP contribution in [0.25, 0.3) is 0 Å². The number of nitrogens with one attached hydrogen (secondary N) is 1. The van der Waals surface area contributed by atoms with E-state index in [1.54, 1.807) is 0 Å². The van der Waals surface area contributed by atoms with Crippen molar-refractivity contribution >= 4 is 11.9 Å². The lowest BCUT2D eigenvalue weighted by Gasteiger charge is -2.26. The van der Waals surface area contributed by atoms with Gasteiger partial charge >= 0.3 is 5.97 Å². The normalized spacial score (nSPS) is 18.2. The van der Waals surface area contributed by atoms with Crippen molar-refractivity contribution in [2.75, 3.05) is 6.61 Å². The maximum atomic E-state index is 12.4. The Hall–Kier alpha value is -2.04. The number of rotatable bonds is 6. The van der Waals surface area contributed by atoms with Gasteiger partial charge in [-0.2, -0.15) is 0 Å². The van der Waals surface area contributed by atoms with Gasteiger partial charge < -0.3 is 15.2 Å². The summed E-state index contributed by atoms with van der Waals surface area (Å²) in [5.74, 6) is -0.825. The smallest absolute Gasteiger partial charge is 0.326 e. The van der Waals surface area contributed by atoms with Crippen LogP contribution in [0.15, 0.2) is 24.3 Å². The minimum atomic E-state index is -0.975. The van der Waals surface area contributed by atoms with Crippen LogP contribution >= 0.6 is 0 Å². The minimum absolute atomic E-state index is 0.228. The first-order valence-electron chi connectivity index (χ1n) is 7.38. The number of carbonyl (C=O) groups excluding carboxylic acids is 1. The Kier molecular flexibility index (Phi) is 5.20. The van der Waals surface area contributed by atoms with Gasteiger partial charge in [-0.15, -0.1) is 0 Å². The van der Waals surface area contributed by atoms with Gasteiger partial charge in [0.25, 0.3) is 0 Å². The topological polar surface area (TPSA) is 75.6 Å². The van der Waals surface area contributed by atoms with Crippen LogP contribution in [0.2, 0.25) is 0 Å². The Balaban J connectivity index is 2.08. The number of carboxylic acid groups (broad SMARTS) is 1. The summed E-state index contributed by atoms with van der Waals surface area (Å²) in [7, 11) is 0. The van der Waals surface area contributed by atoms with Crippen molar-refractivity contribution in [2.24, 2.45) is 0 Å². The van der Waals surface area contributed by atoms with Crippen LogP contribution in [-0.2, 0) is 9.59 Å². The molecule has 2 rings (SSSR count). The van der Waals surface area contributed by atoms with Gasteiger partial charge in [0.1, 0.15) is 11.8 Å². The molecule has 0 fully saturated rings. The quantitative estimate of drug-likeness (QED) is 0.843. The summed E-state index contributed by atoms with van der Waals surface area (Å²) >= 11 is 0. The first-order valence-corrected chi connectivity index (χ1v) is 7.38. The maximum absolute atomic E-state index is 12.4. The Bertz CT molecular complexity index is 515. The number of unbranched alkanes of at least 4 members (excludes halogenated alkanes) is 1. The first kappa shape index (κ1) is 15.4. The Morgan fingerprint density at radius 1 is 1.43 bits per heavy atom. The number of aliphatic carboxylic acids is 1. The molecule has 0 spiro atoms. The molecule has 1 heterocycles. The van der Waals surface area contributed by atoms with E-state index < -0.39 is 12.0 Å². The highest BCUT2D eigenvalue weighted by molar-refractivity contribution is 5.88. The third-order valence-electron chi connectivity index (χ3n) is 3.74. The summed E-state index contributed by atoms with van der Waals surface area (Å²) in [6, 6.07) is 6.61. The van der Waals surface area contributed by atoms with E-state index in [0.29, 0.717) is 25.2 Å². The van der Waals surface area contributed by atoms with Crippen LogP contribution in [0.5, 0.6) is 5.75 Å². The average Bonchev–Trinajstić information content (AvgIpc) is 2.50. The van der Waals surface area contributed by atoms with E-state index >= 15 is 0 Å². The molecular formula is C16H21NO4. The molecule has 1 aliphatic heterocycles. The van der Waals surface area contributed by atoms with Crippen LogP contribution < -0.4 is 10.1 Å². The van der Waals surface area contributed by atoms with Crippen molar-refractivity contribution < 1.29 is 19.4 Å². The Morgan fingerprint density at radius 3 is 2.90 bits per heavy atom. The number of ether oxygens (including phenoxy) is 1. The molecule has 5 heteroatoms. The molecule has 0 radical (unpaired) electrons. The third kappa shape index (κ3) is 3.74. The molecule has 114 valence electrons. The molecule has 0 aliphatic carbocycles.